The van der Waals surface area contributed by atoms with E-state index in [1.165, 1.54) is 0 Å². The van der Waals surface area contributed by atoms with Gasteiger partial charge in [-0.1, -0.05) is 23.7 Å². The number of nitrogens with one attached hydrogen (secondary N) is 1. The Kier molecular flexibility index (Phi) is 8.71. The number of hydrogen-bond donors (Lipinski definition) is 1. The maximum absolute atomic E-state index is 12.5. The Morgan fingerprint density at radius 1 is 1.03 bits per heavy atom. The topological polar surface area (TPSA) is 82.3 Å². The van der Waals surface area contributed by atoms with Gasteiger partial charge in [0.1, 0.15) is 17.9 Å². The fraction of sp³-hybridized carbons (Fsp3) is 0.185. The first kappa shape index (κ1) is 25.8. The van der Waals surface area contributed by atoms with E-state index in [0.717, 1.165) is 25.8 Å². The molecule has 1 heterocycles. The normalized spacial score (nSPS) is 11.1. The summed E-state index contributed by atoms with van der Waals surface area (Å²) in [6.45, 7) is 5.23. The zero-order chi connectivity index (χ0) is 25.5. The number of fused-ring (bicyclic) bond motifs is 1. The van der Waals surface area contributed by atoms with E-state index in [9.17, 15) is 4.79 Å². The third-order valence-electron chi connectivity index (χ3n) is 5.03. The van der Waals surface area contributed by atoms with Gasteiger partial charge in [0.25, 0.3) is 0 Å². The minimum Gasteiger partial charge on any atom is -0.494 e. The fourth-order valence-corrected chi connectivity index (χ4v) is 4.32. The van der Waals surface area contributed by atoms with Crippen molar-refractivity contribution in [2.45, 2.75) is 20.5 Å². The van der Waals surface area contributed by atoms with E-state index in [0.29, 0.717) is 41.9 Å². The number of benzene rings is 3. The average Bonchev–Trinajstić information content (AvgIpc) is 3.29. The Bertz CT molecular complexity index is 1390. The van der Waals surface area contributed by atoms with Crippen molar-refractivity contribution in [3.05, 3.63) is 86.1 Å². The molecular formula is C27H24ClIN2O5. The molecule has 4 aromatic rings. The largest absolute Gasteiger partial charge is 0.494 e. The van der Waals surface area contributed by atoms with Gasteiger partial charge in [0.05, 0.1) is 23.0 Å². The molecule has 186 valence electrons. The first-order valence-electron chi connectivity index (χ1n) is 11.3. The van der Waals surface area contributed by atoms with Crippen LogP contribution in [0.4, 0.5) is 0 Å². The average molecular weight is 619 g/mol. The molecule has 1 aromatic heterocycles. The van der Waals surface area contributed by atoms with E-state index in [-0.39, 0.29) is 5.76 Å². The molecular weight excluding hydrogens is 595 g/mol. The lowest BCUT2D eigenvalue weighted by atomic mass is 10.2. The molecule has 36 heavy (non-hydrogen) atoms. The van der Waals surface area contributed by atoms with Crippen molar-refractivity contribution in [2.24, 2.45) is 5.10 Å². The van der Waals surface area contributed by atoms with Gasteiger partial charge in [-0.05, 0) is 96.1 Å². The van der Waals surface area contributed by atoms with Crippen molar-refractivity contribution in [1.29, 1.82) is 0 Å². The fourth-order valence-electron chi connectivity index (χ4n) is 3.41. The Balaban J connectivity index is 1.44. The summed E-state index contributed by atoms with van der Waals surface area (Å²) in [5.41, 5.74) is 4.84. The highest BCUT2D eigenvalue weighted by Crippen LogP contribution is 2.34. The second-order valence-electron chi connectivity index (χ2n) is 7.62. The molecule has 0 saturated carbocycles. The van der Waals surface area contributed by atoms with Gasteiger partial charge >= 0.3 is 5.91 Å². The maximum atomic E-state index is 12.5. The predicted molar refractivity (Wildman–Crippen MR) is 149 cm³/mol. The zero-order valence-corrected chi connectivity index (χ0v) is 22.6. The lowest BCUT2D eigenvalue weighted by Crippen LogP contribution is -2.16. The number of furan rings is 1. The van der Waals surface area contributed by atoms with Crippen molar-refractivity contribution in [3.63, 3.8) is 0 Å². The third-order valence-corrected chi connectivity index (χ3v) is 6.08. The highest BCUT2D eigenvalue weighted by atomic mass is 127. The highest BCUT2D eigenvalue weighted by Gasteiger charge is 2.14. The molecule has 1 amide bonds. The van der Waals surface area contributed by atoms with Crippen LogP contribution < -0.4 is 19.6 Å². The summed E-state index contributed by atoms with van der Waals surface area (Å²) in [6.07, 6.45) is 1.54. The molecule has 4 rings (SSSR count). The summed E-state index contributed by atoms with van der Waals surface area (Å²) in [6, 6.07) is 18.3. The van der Waals surface area contributed by atoms with Crippen LogP contribution in [-0.2, 0) is 6.61 Å². The predicted octanol–water partition coefficient (Wildman–Crippen LogP) is 6.83. The van der Waals surface area contributed by atoms with Crippen LogP contribution in [-0.4, -0.2) is 25.3 Å². The first-order chi connectivity index (χ1) is 17.5. The number of carbonyl (C=O) groups excluding carboxylic acids is 1. The Labute approximate surface area is 227 Å². The molecule has 0 aliphatic carbocycles. The summed E-state index contributed by atoms with van der Waals surface area (Å²) < 4.78 is 23.8. The van der Waals surface area contributed by atoms with Gasteiger partial charge < -0.3 is 18.6 Å². The monoisotopic (exact) mass is 618 g/mol. The standard InChI is InChI=1S/C27H24ClIN2O5/c1-3-33-21-9-10-23-19(13-21)14-25(36-23)27(32)31-30-15-18-11-22(29)26(24(12-18)34-4-2)35-16-17-5-7-20(28)8-6-17/h5-15H,3-4,16H2,1-2H3,(H,31,32)/b30-15+. The Morgan fingerprint density at radius 3 is 2.56 bits per heavy atom. The van der Waals surface area contributed by atoms with Crippen molar-refractivity contribution in [2.75, 3.05) is 13.2 Å². The maximum Gasteiger partial charge on any atom is 0.307 e. The van der Waals surface area contributed by atoms with E-state index >= 15 is 0 Å². The van der Waals surface area contributed by atoms with Crippen molar-refractivity contribution in [3.8, 4) is 17.2 Å². The van der Waals surface area contributed by atoms with Crippen LogP contribution in [0.2, 0.25) is 5.02 Å². The van der Waals surface area contributed by atoms with E-state index in [1.54, 1.807) is 24.4 Å². The number of hydrogen-bond acceptors (Lipinski definition) is 6. The van der Waals surface area contributed by atoms with E-state index < -0.39 is 5.91 Å². The number of nitrogens with zero attached hydrogens (tertiary/aromatic N) is 1. The van der Waals surface area contributed by atoms with Crippen molar-refractivity contribution >= 4 is 57.3 Å². The molecule has 0 atom stereocenters. The van der Waals surface area contributed by atoms with E-state index in [1.807, 2.05) is 56.3 Å². The number of hydrazone groups is 1. The van der Waals surface area contributed by atoms with Crippen LogP contribution in [0.3, 0.4) is 0 Å². The van der Waals surface area contributed by atoms with Gasteiger partial charge in [-0.3, -0.25) is 4.79 Å². The molecule has 0 spiro atoms. The van der Waals surface area contributed by atoms with Gasteiger partial charge in [-0.2, -0.15) is 5.10 Å². The zero-order valence-electron chi connectivity index (χ0n) is 19.7. The third kappa shape index (κ3) is 6.50. The molecule has 0 unspecified atom stereocenters. The van der Waals surface area contributed by atoms with Crippen molar-refractivity contribution in [1.82, 2.24) is 5.43 Å². The van der Waals surface area contributed by atoms with Gasteiger partial charge in [0.2, 0.25) is 0 Å². The molecule has 1 N–H and O–H groups in total. The van der Waals surface area contributed by atoms with Crippen LogP contribution in [0.1, 0.15) is 35.5 Å². The molecule has 0 aliphatic heterocycles. The van der Waals surface area contributed by atoms with Crippen LogP contribution in [0.25, 0.3) is 11.0 Å². The second kappa shape index (κ2) is 12.1. The number of halogens is 2. The van der Waals surface area contributed by atoms with Gasteiger partial charge in [0.15, 0.2) is 17.3 Å². The Morgan fingerprint density at radius 2 is 1.81 bits per heavy atom. The summed E-state index contributed by atoms with van der Waals surface area (Å²) in [5, 5.41) is 5.54. The van der Waals surface area contributed by atoms with Crippen molar-refractivity contribution < 1.29 is 23.4 Å². The number of ether oxygens (including phenoxy) is 3. The number of amides is 1. The quantitative estimate of drug-likeness (QED) is 0.120. The van der Waals surface area contributed by atoms with Crippen LogP contribution >= 0.6 is 34.2 Å². The van der Waals surface area contributed by atoms with E-state index in [2.05, 4.69) is 33.1 Å². The molecule has 0 fully saturated rings. The minimum atomic E-state index is -0.456. The lowest BCUT2D eigenvalue weighted by Gasteiger charge is -2.14. The molecule has 0 aliphatic rings. The first-order valence-corrected chi connectivity index (χ1v) is 12.8. The molecule has 0 radical (unpaired) electrons. The summed E-state index contributed by atoms with van der Waals surface area (Å²) in [4.78, 5) is 12.5. The SMILES string of the molecule is CCOc1ccc2oc(C(=O)N/N=C/c3cc(I)c(OCc4ccc(Cl)cc4)c(OCC)c3)cc2c1. The molecule has 7 nitrogen and oxygen atoms in total. The molecule has 3 aromatic carbocycles. The highest BCUT2D eigenvalue weighted by molar-refractivity contribution is 14.1. The second-order valence-corrected chi connectivity index (χ2v) is 9.22. The van der Waals surface area contributed by atoms with Gasteiger partial charge in [-0.15, -0.1) is 0 Å². The van der Waals surface area contributed by atoms with Gasteiger partial charge in [-0.25, -0.2) is 5.43 Å². The van der Waals surface area contributed by atoms with E-state index in [4.69, 9.17) is 30.2 Å². The van der Waals surface area contributed by atoms with Gasteiger partial charge in [0, 0.05) is 10.4 Å². The molecule has 0 bridgehead atoms. The Hall–Kier alpha value is -3.24. The van der Waals surface area contributed by atoms with Crippen LogP contribution in [0.5, 0.6) is 17.2 Å². The number of carbonyl (C=O) groups is 1. The molecule has 9 heteroatoms. The lowest BCUT2D eigenvalue weighted by molar-refractivity contribution is 0.0929. The van der Waals surface area contributed by atoms with Crippen LogP contribution in [0, 0.1) is 3.57 Å². The van der Waals surface area contributed by atoms with Crippen LogP contribution in [0.15, 0.2) is 70.2 Å². The molecule has 0 saturated heterocycles. The summed E-state index contributed by atoms with van der Waals surface area (Å²) in [7, 11) is 0. The summed E-state index contributed by atoms with van der Waals surface area (Å²) >= 11 is 8.15. The summed E-state index contributed by atoms with van der Waals surface area (Å²) in [5.74, 6) is 1.65. The minimum absolute atomic E-state index is 0.159. The number of rotatable bonds is 10. The smallest absolute Gasteiger partial charge is 0.307 e.